The van der Waals surface area contributed by atoms with Crippen LogP contribution in [0.5, 0.6) is 5.75 Å². The van der Waals surface area contributed by atoms with Gasteiger partial charge in [0, 0.05) is 12.1 Å². The van der Waals surface area contributed by atoms with Crippen molar-refractivity contribution in [1.82, 2.24) is 5.32 Å². The van der Waals surface area contributed by atoms with Crippen LogP contribution in [-0.2, 0) is 5.41 Å². The van der Waals surface area contributed by atoms with Gasteiger partial charge >= 0.3 is 0 Å². The van der Waals surface area contributed by atoms with Crippen molar-refractivity contribution < 1.29 is 4.74 Å². The summed E-state index contributed by atoms with van der Waals surface area (Å²) < 4.78 is 6.13. The van der Waals surface area contributed by atoms with Gasteiger partial charge in [-0.25, -0.2) is 0 Å². The van der Waals surface area contributed by atoms with Crippen molar-refractivity contribution in [1.29, 1.82) is 0 Å². The first kappa shape index (κ1) is 17.0. The predicted molar refractivity (Wildman–Crippen MR) is 87.6 cm³/mol. The molecule has 0 aromatic heterocycles. The maximum atomic E-state index is 6.13. The van der Waals surface area contributed by atoms with Crippen LogP contribution in [0.1, 0.15) is 60.5 Å². The van der Waals surface area contributed by atoms with Crippen molar-refractivity contribution in [2.45, 2.75) is 71.9 Å². The molecule has 0 fully saturated rings. The Balaban J connectivity index is 2.70. The van der Waals surface area contributed by atoms with E-state index in [2.05, 4.69) is 78.0 Å². The SMILES string of the molecule is CCC(CNC(C)(C)C)Oc1cccc(C(C)(C)C)c1. The molecule has 0 heterocycles. The molecule has 20 heavy (non-hydrogen) atoms. The number of ether oxygens (including phenoxy) is 1. The molecule has 1 N–H and O–H groups in total. The molecule has 2 heteroatoms. The van der Waals surface area contributed by atoms with Crippen LogP contribution in [0.4, 0.5) is 0 Å². The topological polar surface area (TPSA) is 21.3 Å². The van der Waals surface area contributed by atoms with E-state index in [0.29, 0.717) is 0 Å². The third-order valence-corrected chi connectivity index (χ3v) is 3.32. The fraction of sp³-hybridized carbons (Fsp3) is 0.667. The summed E-state index contributed by atoms with van der Waals surface area (Å²) in [6.07, 6.45) is 1.22. The molecular formula is C18H31NO. The van der Waals surface area contributed by atoms with Crippen molar-refractivity contribution in [3.63, 3.8) is 0 Å². The van der Waals surface area contributed by atoms with E-state index in [-0.39, 0.29) is 17.1 Å². The van der Waals surface area contributed by atoms with Gasteiger partial charge in [-0.1, -0.05) is 39.8 Å². The zero-order valence-electron chi connectivity index (χ0n) is 14.2. The highest BCUT2D eigenvalue weighted by atomic mass is 16.5. The van der Waals surface area contributed by atoms with E-state index in [4.69, 9.17) is 4.74 Å². The van der Waals surface area contributed by atoms with Gasteiger partial charge in [0.1, 0.15) is 11.9 Å². The van der Waals surface area contributed by atoms with E-state index >= 15 is 0 Å². The first-order chi connectivity index (χ1) is 9.12. The van der Waals surface area contributed by atoms with Gasteiger partial charge in [0.15, 0.2) is 0 Å². The summed E-state index contributed by atoms with van der Waals surface area (Å²) in [4.78, 5) is 0. The minimum atomic E-state index is 0.129. The van der Waals surface area contributed by atoms with Crippen LogP contribution in [0.3, 0.4) is 0 Å². The molecule has 0 amide bonds. The van der Waals surface area contributed by atoms with Gasteiger partial charge in [-0.3, -0.25) is 0 Å². The molecule has 1 aromatic rings. The third kappa shape index (κ3) is 5.96. The van der Waals surface area contributed by atoms with Gasteiger partial charge in [0.2, 0.25) is 0 Å². The summed E-state index contributed by atoms with van der Waals surface area (Å²) >= 11 is 0. The van der Waals surface area contributed by atoms with Crippen molar-refractivity contribution in [3.05, 3.63) is 29.8 Å². The largest absolute Gasteiger partial charge is 0.489 e. The van der Waals surface area contributed by atoms with Crippen LogP contribution < -0.4 is 10.1 Å². The Bertz CT molecular complexity index is 412. The molecule has 0 radical (unpaired) electrons. The molecule has 1 unspecified atom stereocenters. The summed E-state index contributed by atoms with van der Waals surface area (Å²) in [5.74, 6) is 0.972. The van der Waals surface area contributed by atoms with Crippen molar-refractivity contribution in [2.75, 3.05) is 6.54 Å². The summed E-state index contributed by atoms with van der Waals surface area (Å²) in [5, 5.41) is 3.51. The summed E-state index contributed by atoms with van der Waals surface area (Å²) in [7, 11) is 0. The van der Waals surface area contributed by atoms with Crippen LogP contribution >= 0.6 is 0 Å². The third-order valence-electron chi connectivity index (χ3n) is 3.32. The number of rotatable bonds is 5. The van der Waals surface area contributed by atoms with Gasteiger partial charge in [-0.05, 0) is 50.3 Å². The minimum absolute atomic E-state index is 0.129. The average molecular weight is 277 g/mol. The molecule has 0 aliphatic heterocycles. The summed E-state index contributed by atoms with van der Waals surface area (Å²) in [6, 6.07) is 8.47. The van der Waals surface area contributed by atoms with E-state index in [9.17, 15) is 0 Å². The molecule has 1 aromatic carbocycles. The Kier molecular flexibility index (Phi) is 5.64. The van der Waals surface area contributed by atoms with Crippen molar-refractivity contribution in [2.24, 2.45) is 0 Å². The van der Waals surface area contributed by atoms with E-state index in [1.807, 2.05) is 0 Å². The Morgan fingerprint density at radius 2 is 1.75 bits per heavy atom. The van der Waals surface area contributed by atoms with Gasteiger partial charge in [0.05, 0.1) is 0 Å². The molecule has 114 valence electrons. The number of hydrogen-bond acceptors (Lipinski definition) is 2. The van der Waals surface area contributed by atoms with E-state index in [1.54, 1.807) is 0 Å². The van der Waals surface area contributed by atoms with Crippen LogP contribution in [0.25, 0.3) is 0 Å². The molecular weight excluding hydrogens is 246 g/mol. The zero-order valence-corrected chi connectivity index (χ0v) is 14.2. The second-order valence-electron chi connectivity index (χ2n) is 7.56. The molecule has 0 aliphatic carbocycles. The van der Waals surface area contributed by atoms with E-state index in [0.717, 1.165) is 18.7 Å². The van der Waals surface area contributed by atoms with Gasteiger partial charge in [-0.2, -0.15) is 0 Å². The maximum Gasteiger partial charge on any atom is 0.120 e. The molecule has 1 rings (SSSR count). The first-order valence-corrected chi connectivity index (χ1v) is 7.64. The van der Waals surface area contributed by atoms with Crippen molar-refractivity contribution >= 4 is 0 Å². The van der Waals surface area contributed by atoms with Crippen LogP contribution in [-0.4, -0.2) is 18.2 Å². The standard InChI is InChI=1S/C18H31NO/c1-8-15(13-19-18(5,6)7)20-16-11-9-10-14(12-16)17(2,3)4/h9-12,15,19H,8,13H2,1-7H3. The molecule has 0 spiro atoms. The zero-order chi connectivity index (χ0) is 15.4. The predicted octanol–water partition coefficient (Wildman–Crippen LogP) is 4.53. The fourth-order valence-corrected chi connectivity index (χ4v) is 1.92. The number of hydrogen-bond donors (Lipinski definition) is 1. The van der Waals surface area contributed by atoms with E-state index < -0.39 is 0 Å². The molecule has 2 nitrogen and oxygen atoms in total. The normalized spacial score (nSPS) is 14.2. The second-order valence-corrected chi connectivity index (χ2v) is 7.56. The molecule has 1 atom stereocenters. The van der Waals surface area contributed by atoms with Gasteiger partial charge in [0.25, 0.3) is 0 Å². The highest BCUT2D eigenvalue weighted by molar-refractivity contribution is 5.32. The maximum absolute atomic E-state index is 6.13. The second kappa shape index (κ2) is 6.62. The lowest BCUT2D eigenvalue weighted by Crippen LogP contribution is -2.42. The average Bonchev–Trinajstić information content (AvgIpc) is 2.32. The highest BCUT2D eigenvalue weighted by Crippen LogP contribution is 2.26. The Morgan fingerprint density at radius 3 is 2.25 bits per heavy atom. The van der Waals surface area contributed by atoms with Crippen molar-refractivity contribution in [3.8, 4) is 5.75 Å². The molecule has 0 saturated carbocycles. The van der Waals surface area contributed by atoms with Gasteiger partial charge in [-0.15, -0.1) is 0 Å². The van der Waals surface area contributed by atoms with Crippen LogP contribution in [0.15, 0.2) is 24.3 Å². The molecule has 0 saturated heterocycles. The van der Waals surface area contributed by atoms with Gasteiger partial charge < -0.3 is 10.1 Å². The number of nitrogens with one attached hydrogen (secondary N) is 1. The monoisotopic (exact) mass is 277 g/mol. The van der Waals surface area contributed by atoms with Crippen LogP contribution in [0.2, 0.25) is 0 Å². The lowest BCUT2D eigenvalue weighted by atomic mass is 9.87. The fourth-order valence-electron chi connectivity index (χ4n) is 1.92. The quantitative estimate of drug-likeness (QED) is 0.853. The van der Waals surface area contributed by atoms with E-state index in [1.165, 1.54) is 5.56 Å². The highest BCUT2D eigenvalue weighted by Gasteiger charge is 2.16. The lowest BCUT2D eigenvalue weighted by Gasteiger charge is -2.26. The first-order valence-electron chi connectivity index (χ1n) is 7.64. The smallest absolute Gasteiger partial charge is 0.120 e. The molecule has 0 bridgehead atoms. The lowest BCUT2D eigenvalue weighted by molar-refractivity contribution is 0.181. The summed E-state index contributed by atoms with van der Waals surface area (Å²) in [6.45, 7) is 16.3. The Labute approximate surface area is 124 Å². The minimum Gasteiger partial charge on any atom is -0.489 e. The van der Waals surface area contributed by atoms with Crippen LogP contribution in [0, 0.1) is 0 Å². The summed E-state index contributed by atoms with van der Waals surface area (Å²) in [5.41, 5.74) is 1.60. The Morgan fingerprint density at radius 1 is 1.10 bits per heavy atom. The Hall–Kier alpha value is -1.02. The molecule has 0 aliphatic rings. The number of benzene rings is 1.